The van der Waals surface area contributed by atoms with Crippen LogP contribution in [0.4, 0.5) is 11.4 Å². The summed E-state index contributed by atoms with van der Waals surface area (Å²) in [5, 5.41) is 2.89. The highest BCUT2D eigenvalue weighted by Crippen LogP contribution is 2.34. The van der Waals surface area contributed by atoms with Crippen LogP contribution in [0.25, 0.3) is 0 Å². The molecule has 0 bridgehead atoms. The molecule has 0 aromatic heterocycles. The summed E-state index contributed by atoms with van der Waals surface area (Å²) in [5.74, 6) is 1.48. The highest BCUT2D eigenvalue weighted by Gasteiger charge is 2.26. The maximum absolute atomic E-state index is 12.5. The van der Waals surface area contributed by atoms with E-state index < -0.39 is 0 Å². The number of benzene rings is 2. The molecule has 1 aliphatic heterocycles. The van der Waals surface area contributed by atoms with Crippen molar-refractivity contribution in [3.8, 4) is 11.5 Å². The maximum Gasteiger partial charge on any atom is 0.265 e. The molecule has 0 saturated carbocycles. The predicted octanol–water partition coefficient (Wildman–Crippen LogP) is 4.77. The molecule has 1 aliphatic rings. The zero-order chi connectivity index (χ0) is 22.6. The van der Waals surface area contributed by atoms with Gasteiger partial charge in [-0.15, -0.1) is 0 Å². The average Bonchev–Trinajstić information content (AvgIpc) is 2.68. The van der Waals surface area contributed by atoms with Crippen LogP contribution in [0.1, 0.15) is 46.6 Å². The molecule has 166 valence electrons. The molecule has 31 heavy (non-hydrogen) atoms. The Morgan fingerprint density at radius 2 is 1.87 bits per heavy atom. The van der Waals surface area contributed by atoms with Crippen LogP contribution >= 0.6 is 0 Å². The first-order valence-corrected chi connectivity index (χ1v) is 10.7. The Labute approximate surface area is 184 Å². The Morgan fingerprint density at radius 1 is 1.16 bits per heavy atom. The van der Waals surface area contributed by atoms with Crippen LogP contribution in [0.3, 0.4) is 0 Å². The molecule has 0 fully saturated rings. The van der Waals surface area contributed by atoms with Crippen molar-refractivity contribution in [2.75, 3.05) is 30.0 Å². The van der Waals surface area contributed by atoms with Gasteiger partial charge < -0.3 is 19.7 Å². The zero-order valence-corrected chi connectivity index (χ0v) is 19.0. The lowest BCUT2D eigenvalue weighted by molar-refractivity contribution is -0.121. The molecule has 0 unspecified atom stereocenters. The van der Waals surface area contributed by atoms with Gasteiger partial charge in [0.25, 0.3) is 5.91 Å². The Kier molecular flexibility index (Phi) is 6.88. The summed E-state index contributed by atoms with van der Waals surface area (Å²) in [6, 6.07) is 13.4. The van der Waals surface area contributed by atoms with E-state index in [1.165, 1.54) is 5.56 Å². The largest absolute Gasteiger partial charge is 0.492 e. The van der Waals surface area contributed by atoms with Crippen LogP contribution in [0, 0.1) is 5.92 Å². The van der Waals surface area contributed by atoms with E-state index in [-0.39, 0.29) is 29.8 Å². The third-order valence-electron chi connectivity index (χ3n) is 5.08. The molecular weight excluding hydrogens is 392 g/mol. The summed E-state index contributed by atoms with van der Waals surface area (Å²) >= 11 is 0. The number of hydrogen-bond acceptors (Lipinski definition) is 4. The minimum atomic E-state index is -0.134. The predicted molar refractivity (Wildman–Crippen MR) is 123 cm³/mol. The van der Waals surface area contributed by atoms with E-state index in [0.717, 1.165) is 5.75 Å². The van der Waals surface area contributed by atoms with Crippen LogP contribution < -0.4 is 19.7 Å². The van der Waals surface area contributed by atoms with Crippen LogP contribution in [-0.4, -0.2) is 31.6 Å². The molecule has 0 atom stereocenters. The van der Waals surface area contributed by atoms with E-state index in [1.807, 2.05) is 26.0 Å². The average molecular weight is 425 g/mol. The summed E-state index contributed by atoms with van der Waals surface area (Å²) in [5.41, 5.74) is 2.62. The van der Waals surface area contributed by atoms with Crippen molar-refractivity contribution in [3.63, 3.8) is 0 Å². The van der Waals surface area contributed by atoms with Crippen molar-refractivity contribution in [2.45, 2.75) is 46.5 Å². The molecule has 3 rings (SSSR count). The van der Waals surface area contributed by atoms with Crippen LogP contribution in [0.15, 0.2) is 42.5 Å². The van der Waals surface area contributed by atoms with Gasteiger partial charge in [-0.25, -0.2) is 0 Å². The first kappa shape index (κ1) is 22.7. The number of nitrogens with one attached hydrogen (secondary N) is 1. The third kappa shape index (κ3) is 6.00. The van der Waals surface area contributed by atoms with Crippen LogP contribution in [0.5, 0.6) is 11.5 Å². The van der Waals surface area contributed by atoms with E-state index in [9.17, 15) is 9.59 Å². The first-order valence-electron chi connectivity index (χ1n) is 10.7. The summed E-state index contributed by atoms with van der Waals surface area (Å²) in [7, 11) is 0. The lowest BCUT2D eigenvalue weighted by atomic mass is 9.87. The van der Waals surface area contributed by atoms with Gasteiger partial charge in [-0.3, -0.25) is 9.59 Å². The molecule has 0 aliphatic carbocycles. The van der Waals surface area contributed by atoms with Crippen molar-refractivity contribution in [1.29, 1.82) is 0 Å². The van der Waals surface area contributed by atoms with Crippen molar-refractivity contribution >= 4 is 23.2 Å². The number of carbonyl (C=O) groups is 2. The van der Waals surface area contributed by atoms with Gasteiger partial charge in [0.15, 0.2) is 6.61 Å². The number of anilines is 2. The number of hydrogen-bond donors (Lipinski definition) is 1. The number of amides is 2. The van der Waals surface area contributed by atoms with Crippen LogP contribution in [0.2, 0.25) is 0 Å². The fourth-order valence-electron chi connectivity index (χ4n) is 3.41. The molecule has 6 nitrogen and oxygen atoms in total. The molecule has 2 aromatic carbocycles. The molecular formula is C25H32N2O4. The van der Waals surface area contributed by atoms with Gasteiger partial charge >= 0.3 is 0 Å². The number of fused-ring (bicyclic) bond motifs is 1. The van der Waals surface area contributed by atoms with Gasteiger partial charge in [0.1, 0.15) is 18.1 Å². The second kappa shape index (κ2) is 9.41. The van der Waals surface area contributed by atoms with E-state index >= 15 is 0 Å². The summed E-state index contributed by atoms with van der Waals surface area (Å²) < 4.78 is 11.4. The Hall–Kier alpha value is -3.02. The smallest absolute Gasteiger partial charge is 0.265 e. The SMILES string of the molecule is CC(C)CC(=O)Nc1ccc2c(c1)N(CCOc1ccc(C(C)(C)C)cc1)C(=O)CO2. The standard InChI is InChI=1S/C25H32N2O4/c1-17(2)14-23(28)26-19-8-11-22-21(15-19)27(24(29)16-31-22)12-13-30-20-9-6-18(7-10-20)25(3,4)5/h6-11,15,17H,12-14,16H2,1-5H3,(H,26,28). The van der Waals surface area contributed by atoms with Gasteiger partial charge in [-0.2, -0.15) is 0 Å². The quantitative estimate of drug-likeness (QED) is 0.695. The number of rotatable bonds is 7. The first-order chi connectivity index (χ1) is 14.6. The van der Waals surface area contributed by atoms with Crippen LogP contribution in [-0.2, 0) is 15.0 Å². The van der Waals surface area contributed by atoms with Gasteiger partial charge in [-0.05, 0) is 47.2 Å². The maximum atomic E-state index is 12.5. The molecule has 6 heteroatoms. The highest BCUT2D eigenvalue weighted by atomic mass is 16.5. The van der Waals surface area contributed by atoms with E-state index in [1.54, 1.807) is 23.1 Å². The van der Waals surface area contributed by atoms with Gasteiger partial charge in [0, 0.05) is 12.1 Å². The van der Waals surface area contributed by atoms with E-state index in [0.29, 0.717) is 36.7 Å². The lowest BCUT2D eigenvalue weighted by Gasteiger charge is -2.29. The normalized spacial score (nSPS) is 13.6. The minimum absolute atomic E-state index is 0.00760. The van der Waals surface area contributed by atoms with E-state index in [4.69, 9.17) is 9.47 Å². The second-order valence-corrected chi connectivity index (χ2v) is 9.29. The zero-order valence-electron chi connectivity index (χ0n) is 19.0. The third-order valence-corrected chi connectivity index (χ3v) is 5.08. The van der Waals surface area contributed by atoms with Crippen molar-refractivity contribution in [1.82, 2.24) is 0 Å². The fraction of sp³-hybridized carbons (Fsp3) is 0.440. The van der Waals surface area contributed by atoms with Gasteiger partial charge in [0.05, 0.1) is 12.2 Å². The van der Waals surface area contributed by atoms with Crippen molar-refractivity contribution < 1.29 is 19.1 Å². The molecule has 2 amide bonds. The summed E-state index contributed by atoms with van der Waals surface area (Å²) in [4.78, 5) is 26.3. The van der Waals surface area contributed by atoms with Gasteiger partial charge in [0.2, 0.25) is 5.91 Å². The Balaban J connectivity index is 1.66. The number of nitrogens with zero attached hydrogens (tertiary/aromatic N) is 1. The topological polar surface area (TPSA) is 67.9 Å². The molecule has 2 aromatic rings. The summed E-state index contributed by atoms with van der Waals surface area (Å²) in [6.45, 7) is 11.2. The van der Waals surface area contributed by atoms with E-state index in [2.05, 4.69) is 38.2 Å². The molecule has 1 heterocycles. The Bertz CT molecular complexity index is 930. The van der Waals surface area contributed by atoms with Crippen molar-refractivity contribution in [3.05, 3.63) is 48.0 Å². The molecule has 0 saturated heterocycles. The summed E-state index contributed by atoms with van der Waals surface area (Å²) in [6.07, 6.45) is 0.443. The highest BCUT2D eigenvalue weighted by molar-refractivity contribution is 5.99. The number of carbonyl (C=O) groups excluding carboxylic acids is 2. The molecule has 1 N–H and O–H groups in total. The lowest BCUT2D eigenvalue weighted by Crippen LogP contribution is -2.41. The molecule has 0 spiro atoms. The Morgan fingerprint density at radius 3 is 2.52 bits per heavy atom. The van der Waals surface area contributed by atoms with Crippen molar-refractivity contribution in [2.24, 2.45) is 5.92 Å². The molecule has 0 radical (unpaired) electrons. The number of ether oxygens (including phenoxy) is 2. The monoisotopic (exact) mass is 424 g/mol. The fourth-order valence-corrected chi connectivity index (χ4v) is 3.41. The second-order valence-electron chi connectivity index (χ2n) is 9.29. The van der Waals surface area contributed by atoms with Gasteiger partial charge in [-0.1, -0.05) is 46.8 Å². The minimum Gasteiger partial charge on any atom is -0.492 e.